The Morgan fingerprint density at radius 1 is 1.25 bits per heavy atom. The van der Waals surface area contributed by atoms with Gasteiger partial charge in [-0.1, -0.05) is 26.8 Å². The second-order valence-electron chi connectivity index (χ2n) is 10.3. The van der Waals surface area contributed by atoms with Crippen molar-refractivity contribution in [3.05, 3.63) is 30.1 Å². The van der Waals surface area contributed by atoms with Crippen molar-refractivity contribution in [2.45, 2.75) is 58.6 Å². The van der Waals surface area contributed by atoms with Crippen molar-refractivity contribution in [1.29, 1.82) is 0 Å². The van der Waals surface area contributed by atoms with Crippen LogP contribution in [-0.4, -0.2) is 65.3 Å². The van der Waals surface area contributed by atoms with Crippen molar-refractivity contribution in [2.24, 2.45) is 29.1 Å². The second-order valence-corrected chi connectivity index (χ2v) is 10.3. The molecule has 7 heteroatoms. The number of nitrogens with one attached hydrogen (secondary N) is 1. The number of carbonyl (C=O) groups is 2. The summed E-state index contributed by atoms with van der Waals surface area (Å²) in [5.74, 6) is -0.151. The number of pyridine rings is 1. The quantitative estimate of drug-likeness (QED) is 0.746. The first-order valence-electron chi connectivity index (χ1n) is 12.1. The van der Waals surface area contributed by atoms with E-state index in [1.807, 2.05) is 17.9 Å². The minimum atomic E-state index is -0.557. The van der Waals surface area contributed by atoms with Gasteiger partial charge in [0.15, 0.2) is 0 Å². The molecule has 1 saturated heterocycles. The summed E-state index contributed by atoms with van der Waals surface area (Å²) in [4.78, 5) is 31.9. The predicted molar refractivity (Wildman–Crippen MR) is 121 cm³/mol. The first-order chi connectivity index (χ1) is 15.3. The highest BCUT2D eigenvalue weighted by Gasteiger charge is 2.54. The van der Waals surface area contributed by atoms with Crippen molar-refractivity contribution >= 4 is 11.8 Å². The first kappa shape index (κ1) is 23.2. The number of aromatic nitrogens is 1. The van der Waals surface area contributed by atoms with E-state index in [0.717, 1.165) is 25.7 Å². The van der Waals surface area contributed by atoms with Gasteiger partial charge in [0.1, 0.15) is 5.69 Å². The fourth-order valence-electron chi connectivity index (χ4n) is 6.49. The van der Waals surface area contributed by atoms with Crippen LogP contribution >= 0.6 is 0 Å². The first-order valence-corrected chi connectivity index (χ1v) is 12.1. The normalized spacial score (nSPS) is 36.1. The number of ether oxygens (including phenoxy) is 1. The molecule has 0 bridgehead atoms. The Hall–Kier alpha value is -1.99. The van der Waals surface area contributed by atoms with Gasteiger partial charge in [0.25, 0.3) is 5.91 Å². The monoisotopic (exact) mass is 443 g/mol. The lowest BCUT2D eigenvalue weighted by atomic mass is 9.51. The lowest BCUT2D eigenvalue weighted by Crippen LogP contribution is -2.59. The van der Waals surface area contributed by atoms with Gasteiger partial charge in [-0.25, -0.2) is 0 Å². The summed E-state index contributed by atoms with van der Waals surface area (Å²) in [7, 11) is 0. The SMILES string of the molecule is C[C@@H]1[C@@H]2[C@@H](O)[C@H]([C@H](C)C(=O)N3CCOCC3)CC[C@]2(C)CC[C@@H]1NC(=O)c1ccccn1. The van der Waals surface area contributed by atoms with Gasteiger partial charge >= 0.3 is 0 Å². The minimum absolute atomic E-state index is 0.0127. The molecule has 3 fully saturated rings. The number of hydrogen-bond acceptors (Lipinski definition) is 5. The third-order valence-electron chi connectivity index (χ3n) is 8.46. The molecule has 3 aliphatic rings. The molecule has 7 nitrogen and oxygen atoms in total. The number of aliphatic hydroxyl groups is 1. The zero-order valence-corrected chi connectivity index (χ0v) is 19.5. The Morgan fingerprint density at radius 2 is 1.97 bits per heavy atom. The van der Waals surface area contributed by atoms with Crippen molar-refractivity contribution in [3.63, 3.8) is 0 Å². The van der Waals surface area contributed by atoms with Gasteiger partial charge in [-0.3, -0.25) is 14.6 Å². The number of nitrogens with zero attached hydrogens (tertiary/aromatic N) is 2. The molecule has 2 amide bonds. The standard InChI is InChI=1S/C25H37N3O4/c1-16(24(31)28-12-14-32-15-13-28)18-7-9-25(3)10-8-19(17(2)21(25)22(18)29)27-23(30)20-6-4-5-11-26-20/h4-6,11,16-19,21-22,29H,7-10,12-15H2,1-3H3,(H,27,30)/t16-,17-,18-,19-,21+,22-,25+/m0/s1. The number of morpholine rings is 1. The summed E-state index contributed by atoms with van der Waals surface area (Å²) in [6.07, 6.45) is 4.79. The number of fused-ring (bicyclic) bond motifs is 1. The summed E-state index contributed by atoms with van der Waals surface area (Å²) in [6.45, 7) is 8.82. The van der Waals surface area contributed by atoms with Gasteiger partial charge in [0.2, 0.25) is 5.91 Å². The summed E-state index contributed by atoms with van der Waals surface area (Å²) in [6, 6.07) is 5.31. The van der Waals surface area contributed by atoms with Crippen LogP contribution in [0, 0.1) is 29.1 Å². The number of aliphatic hydroxyl groups excluding tert-OH is 1. The molecule has 1 aliphatic heterocycles. The molecular formula is C25H37N3O4. The van der Waals surface area contributed by atoms with E-state index in [9.17, 15) is 14.7 Å². The largest absolute Gasteiger partial charge is 0.392 e. The van der Waals surface area contributed by atoms with Crippen LogP contribution in [0.2, 0.25) is 0 Å². The lowest BCUT2D eigenvalue weighted by molar-refractivity contribution is -0.153. The fourth-order valence-corrected chi connectivity index (χ4v) is 6.49. The topological polar surface area (TPSA) is 91.8 Å². The molecule has 2 aliphatic carbocycles. The molecule has 176 valence electrons. The van der Waals surface area contributed by atoms with E-state index in [4.69, 9.17) is 4.74 Å². The number of amides is 2. The zero-order valence-electron chi connectivity index (χ0n) is 19.5. The summed E-state index contributed by atoms with van der Waals surface area (Å²) < 4.78 is 5.39. The molecule has 1 aromatic rings. The Labute approximate surface area is 190 Å². The maximum atomic E-state index is 13.1. The van der Waals surface area contributed by atoms with Crippen molar-refractivity contribution in [2.75, 3.05) is 26.3 Å². The van der Waals surface area contributed by atoms with E-state index in [2.05, 4.69) is 24.1 Å². The van der Waals surface area contributed by atoms with E-state index in [1.54, 1.807) is 18.3 Å². The Kier molecular flexibility index (Phi) is 6.86. The second kappa shape index (κ2) is 9.48. The van der Waals surface area contributed by atoms with Crippen LogP contribution in [0.5, 0.6) is 0 Å². The summed E-state index contributed by atoms with van der Waals surface area (Å²) in [5, 5.41) is 14.7. The third-order valence-corrected chi connectivity index (χ3v) is 8.46. The molecule has 2 heterocycles. The van der Waals surface area contributed by atoms with E-state index in [-0.39, 0.29) is 46.9 Å². The highest BCUT2D eigenvalue weighted by atomic mass is 16.5. The van der Waals surface area contributed by atoms with Crippen LogP contribution in [0.3, 0.4) is 0 Å². The van der Waals surface area contributed by atoms with Crippen LogP contribution < -0.4 is 5.32 Å². The highest BCUT2D eigenvalue weighted by Crippen LogP contribution is 2.55. The number of carbonyl (C=O) groups excluding carboxylic acids is 2. The average molecular weight is 444 g/mol. The van der Waals surface area contributed by atoms with Gasteiger partial charge in [0.05, 0.1) is 19.3 Å². The van der Waals surface area contributed by atoms with E-state index in [1.165, 1.54) is 0 Å². The van der Waals surface area contributed by atoms with E-state index < -0.39 is 6.10 Å². The smallest absolute Gasteiger partial charge is 0.270 e. The molecule has 0 unspecified atom stereocenters. The van der Waals surface area contributed by atoms with Crippen LogP contribution in [0.4, 0.5) is 0 Å². The van der Waals surface area contributed by atoms with Crippen molar-refractivity contribution < 1.29 is 19.4 Å². The molecule has 1 aromatic heterocycles. The predicted octanol–water partition coefficient (Wildman–Crippen LogP) is 2.50. The summed E-state index contributed by atoms with van der Waals surface area (Å²) >= 11 is 0. The van der Waals surface area contributed by atoms with Crippen molar-refractivity contribution in [1.82, 2.24) is 15.2 Å². The van der Waals surface area contributed by atoms with Gasteiger partial charge in [-0.05, 0) is 61.0 Å². The Balaban J connectivity index is 1.47. The van der Waals surface area contributed by atoms with Gasteiger partial charge in [0, 0.05) is 31.2 Å². The number of hydrogen-bond donors (Lipinski definition) is 2. The van der Waals surface area contributed by atoms with Gasteiger partial charge in [-0.2, -0.15) is 0 Å². The molecule has 32 heavy (non-hydrogen) atoms. The lowest BCUT2D eigenvalue weighted by Gasteiger charge is -2.56. The van der Waals surface area contributed by atoms with Gasteiger partial charge < -0.3 is 20.1 Å². The average Bonchev–Trinajstić information content (AvgIpc) is 2.81. The third kappa shape index (κ3) is 4.42. The van der Waals surface area contributed by atoms with Crippen LogP contribution in [0.15, 0.2) is 24.4 Å². The number of rotatable bonds is 4. The molecule has 7 atom stereocenters. The van der Waals surface area contributed by atoms with E-state index >= 15 is 0 Å². The molecule has 0 radical (unpaired) electrons. The molecule has 0 aromatic carbocycles. The maximum absolute atomic E-state index is 13.1. The minimum Gasteiger partial charge on any atom is -0.392 e. The van der Waals surface area contributed by atoms with E-state index in [0.29, 0.717) is 32.0 Å². The molecule has 2 N–H and O–H groups in total. The van der Waals surface area contributed by atoms with Crippen LogP contribution in [0.25, 0.3) is 0 Å². The Morgan fingerprint density at radius 3 is 2.66 bits per heavy atom. The summed E-state index contributed by atoms with van der Waals surface area (Å²) in [5.41, 5.74) is 0.448. The van der Waals surface area contributed by atoms with Crippen LogP contribution in [-0.2, 0) is 9.53 Å². The molecule has 4 rings (SSSR count). The molecule has 2 saturated carbocycles. The molecular weight excluding hydrogens is 406 g/mol. The molecule has 0 spiro atoms. The Bertz CT molecular complexity index is 813. The van der Waals surface area contributed by atoms with Gasteiger partial charge in [-0.15, -0.1) is 0 Å². The fraction of sp³-hybridized carbons (Fsp3) is 0.720. The van der Waals surface area contributed by atoms with Crippen LogP contribution in [0.1, 0.15) is 56.9 Å². The highest BCUT2D eigenvalue weighted by molar-refractivity contribution is 5.92. The maximum Gasteiger partial charge on any atom is 0.270 e. The zero-order chi connectivity index (χ0) is 22.9. The van der Waals surface area contributed by atoms with Crippen molar-refractivity contribution in [3.8, 4) is 0 Å².